The highest BCUT2D eigenvalue weighted by atomic mass is 16.5. The van der Waals surface area contributed by atoms with Crippen LogP contribution in [0.15, 0.2) is 36.4 Å². The molecule has 1 aliphatic rings. The molecule has 38 heavy (non-hydrogen) atoms. The van der Waals surface area contributed by atoms with Crippen LogP contribution in [0.2, 0.25) is 0 Å². The number of aryl methyl sites for hydroxylation is 1. The topological polar surface area (TPSA) is 75.9 Å². The Morgan fingerprint density at radius 1 is 0.868 bits per heavy atom. The number of hydrogen-bond donors (Lipinski definition) is 0. The van der Waals surface area contributed by atoms with Crippen molar-refractivity contribution >= 4 is 5.97 Å². The van der Waals surface area contributed by atoms with Crippen LogP contribution in [0.25, 0.3) is 11.3 Å². The zero-order chi connectivity index (χ0) is 27.1. The molecule has 206 valence electrons. The van der Waals surface area contributed by atoms with E-state index in [0.29, 0.717) is 12.8 Å². The maximum absolute atomic E-state index is 12.8. The van der Waals surface area contributed by atoms with Gasteiger partial charge in [-0.25, -0.2) is 0 Å². The summed E-state index contributed by atoms with van der Waals surface area (Å²) >= 11 is 0. The number of carbonyl (C=O) groups is 1. The van der Waals surface area contributed by atoms with Gasteiger partial charge in [0, 0.05) is 11.6 Å². The standard InChI is InChI=1S/C33H47N3O2/c1-3-5-7-9-10-12-14-27-15-17-28(18-16-27)30-19-20-31(36-35-30)38-32(37)29-21-24-33(26-34,25-22-29)23-13-11-8-6-4-2/h15-20,29H,3-14,21-25H2,1-2H3/t29-,33-. The molecule has 0 atom stereocenters. The Hall–Kier alpha value is -2.74. The highest BCUT2D eigenvalue weighted by Gasteiger charge is 2.38. The average molecular weight is 518 g/mol. The van der Waals surface area contributed by atoms with Crippen LogP contribution >= 0.6 is 0 Å². The summed E-state index contributed by atoms with van der Waals surface area (Å²) in [6, 6.07) is 14.7. The minimum atomic E-state index is -0.269. The van der Waals surface area contributed by atoms with Gasteiger partial charge in [-0.05, 0) is 56.6 Å². The fraction of sp³-hybridized carbons (Fsp3) is 0.636. The van der Waals surface area contributed by atoms with Crippen LogP contribution in [0, 0.1) is 22.7 Å². The quantitative estimate of drug-likeness (QED) is 0.164. The first-order chi connectivity index (χ1) is 18.6. The second-order valence-corrected chi connectivity index (χ2v) is 11.2. The van der Waals surface area contributed by atoms with Crippen molar-refractivity contribution in [2.24, 2.45) is 11.3 Å². The van der Waals surface area contributed by atoms with Gasteiger partial charge in [0.1, 0.15) is 0 Å². The number of aromatic nitrogens is 2. The van der Waals surface area contributed by atoms with E-state index in [-0.39, 0.29) is 23.2 Å². The van der Waals surface area contributed by atoms with Gasteiger partial charge in [0.15, 0.2) is 0 Å². The van der Waals surface area contributed by atoms with Crippen LogP contribution in [0.4, 0.5) is 0 Å². The Labute approximate surface area is 230 Å². The van der Waals surface area contributed by atoms with Crippen molar-refractivity contribution in [2.45, 2.75) is 123 Å². The molecule has 5 nitrogen and oxygen atoms in total. The first-order valence-electron chi connectivity index (χ1n) is 15.1. The first-order valence-corrected chi connectivity index (χ1v) is 15.1. The maximum atomic E-state index is 12.8. The minimum Gasteiger partial charge on any atom is -0.406 e. The van der Waals surface area contributed by atoms with Gasteiger partial charge in [-0.3, -0.25) is 4.79 Å². The monoisotopic (exact) mass is 517 g/mol. The molecular weight excluding hydrogens is 470 g/mol. The molecular formula is C33H47N3O2. The summed E-state index contributed by atoms with van der Waals surface area (Å²) in [6.07, 6.45) is 18.9. The van der Waals surface area contributed by atoms with Crippen LogP contribution < -0.4 is 4.74 Å². The number of hydrogen-bond acceptors (Lipinski definition) is 5. The van der Waals surface area contributed by atoms with E-state index in [1.165, 1.54) is 69.8 Å². The van der Waals surface area contributed by atoms with Crippen LogP contribution in [-0.2, 0) is 11.2 Å². The molecule has 0 saturated heterocycles. The molecule has 1 fully saturated rings. The molecule has 0 N–H and O–H groups in total. The van der Waals surface area contributed by atoms with Crippen molar-refractivity contribution < 1.29 is 9.53 Å². The van der Waals surface area contributed by atoms with E-state index >= 15 is 0 Å². The molecule has 1 aromatic carbocycles. The molecule has 0 radical (unpaired) electrons. The molecule has 3 rings (SSSR count). The van der Waals surface area contributed by atoms with E-state index in [9.17, 15) is 10.1 Å². The molecule has 1 aliphatic carbocycles. The third-order valence-corrected chi connectivity index (χ3v) is 8.19. The number of benzene rings is 1. The molecule has 0 bridgehead atoms. The van der Waals surface area contributed by atoms with E-state index in [1.807, 2.05) is 6.07 Å². The molecule has 1 saturated carbocycles. The molecule has 1 aromatic heterocycles. The van der Waals surface area contributed by atoms with Crippen molar-refractivity contribution in [1.29, 1.82) is 5.26 Å². The van der Waals surface area contributed by atoms with Gasteiger partial charge in [-0.1, -0.05) is 102 Å². The number of nitrogens with zero attached hydrogens (tertiary/aromatic N) is 3. The van der Waals surface area contributed by atoms with Crippen LogP contribution in [0.5, 0.6) is 5.88 Å². The summed E-state index contributed by atoms with van der Waals surface area (Å²) in [5.41, 5.74) is 2.87. The van der Waals surface area contributed by atoms with Crippen molar-refractivity contribution in [3.63, 3.8) is 0 Å². The Bertz CT molecular complexity index is 986. The Morgan fingerprint density at radius 3 is 2.11 bits per heavy atom. The third kappa shape index (κ3) is 9.53. The molecule has 0 amide bonds. The fourth-order valence-corrected chi connectivity index (χ4v) is 5.56. The number of ether oxygens (including phenoxy) is 1. The molecule has 2 aromatic rings. The smallest absolute Gasteiger partial charge is 0.315 e. The van der Waals surface area contributed by atoms with Crippen LogP contribution in [0.1, 0.15) is 122 Å². The van der Waals surface area contributed by atoms with Gasteiger partial charge in [0.2, 0.25) is 5.88 Å². The second-order valence-electron chi connectivity index (χ2n) is 11.2. The van der Waals surface area contributed by atoms with Crippen molar-refractivity contribution in [3.8, 4) is 23.2 Å². The number of carbonyl (C=O) groups excluding carboxylic acids is 1. The summed E-state index contributed by atoms with van der Waals surface area (Å²) in [7, 11) is 0. The van der Waals surface area contributed by atoms with E-state index in [0.717, 1.165) is 43.4 Å². The van der Waals surface area contributed by atoms with Gasteiger partial charge in [0.05, 0.1) is 23.1 Å². The summed E-state index contributed by atoms with van der Waals surface area (Å²) < 4.78 is 5.57. The second kappa shape index (κ2) is 16.3. The van der Waals surface area contributed by atoms with Crippen molar-refractivity contribution in [1.82, 2.24) is 10.2 Å². The van der Waals surface area contributed by atoms with E-state index in [4.69, 9.17) is 4.74 Å². The molecule has 0 spiro atoms. The van der Waals surface area contributed by atoms with E-state index in [1.54, 1.807) is 6.07 Å². The number of esters is 1. The van der Waals surface area contributed by atoms with E-state index in [2.05, 4.69) is 54.4 Å². The van der Waals surface area contributed by atoms with E-state index < -0.39 is 0 Å². The predicted octanol–water partition coefficient (Wildman–Crippen LogP) is 9.01. The molecule has 1 heterocycles. The highest BCUT2D eigenvalue weighted by molar-refractivity contribution is 5.75. The Balaban J connectivity index is 1.42. The summed E-state index contributed by atoms with van der Waals surface area (Å²) in [6.45, 7) is 4.47. The summed E-state index contributed by atoms with van der Waals surface area (Å²) in [5, 5.41) is 18.3. The number of nitriles is 1. The Kier molecular flexibility index (Phi) is 12.8. The zero-order valence-corrected chi connectivity index (χ0v) is 23.7. The van der Waals surface area contributed by atoms with Crippen LogP contribution in [0.3, 0.4) is 0 Å². The maximum Gasteiger partial charge on any atom is 0.315 e. The molecule has 0 unspecified atom stereocenters. The predicted molar refractivity (Wildman–Crippen MR) is 154 cm³/mol. The fourth-order valence-electron chi connectivity index (χ4n) is 5.56. The van der Waals surface area contributed by atoms with Gasteiger partial charge in [-0.2, -0.15) is 5.26 Å². The molecule has 5 heteroatoms. The zero-order valence-electron chi connectivity index (χ0n) is 23.7. The molecule has 0 aliphatic heterocycles. The summed E-state index contributed by atoms with van der Waals surface area (Å²) in [5.74, 6) is -0.177. The lowest BCUT2D eigenvalue weighted by Gasteiger charge is -2.34. The average Bonchev–Trinajstić information content (AvgIpc) is 2.96. The van der Waals surface area contributed by atoms with Crippen molar-refractivity contribution in [3.05, 3.63) is 42.0 Å². The van der Waals surface area contributed by atoms with Gasteiger partial charge < -0.3 is 4.74 Å². The largest absolute Gasteiger partial charge is 0.406 e. The van der Waals surface area contributed by atoms with Gasteiger partial charge in [-0.15, -0.1) is 10.2 Å². The normalized spacial score (nSPS) is 19.1. The SMILES string of the molecule is CCCCCCCCc1ccc(-c2ccc(OC(=O)[C@H]3CC[C@@](C#N)(CCCCCCC)CC3)nn2)cc1. The van der Waals surface area contributed by atoms with Gasteiger partial charge >= 0.3 is 5.97 Å². The lowest BCUT2D eigenvalue weighted by Crippen LogP contribution is -2.31. The number of unbranched alkanes of at least 4 members (excludes halogenated alkanes) is 9. The first kappa shape index (κ1) is 29.8. The number of rotatable bonds is 16. The Morgan fingerprint density at radius 2 is 1.50 bits per heavy atom. The summed E-state index contributed by atoms with van der Waals surface area (Å²) in [4.78, 5) is 12.8. The minimum absolute atomic E-state index is 0.169. The highest BCUT2D eigenvalue weighted by Crippen LogP contribution is 2.42. The lowest BCUT2D eigenvalue weighted by atomic mass is 9.69. The lowest BCUT2D eigenvalue weighted by molar-refractivity contribution is -0.140. The van der Waals surface area contributed by atoms with Gasteiger partial charge in [0.25, 0.3) is 0 Å². The van der Waals surface area contributed by atoms with Crippen LogP contribution in [-0.4, -0.2) is 16.2 Å². The third-order valence-electron chi connectivity index (χ3n) is 8.19. The van der Waals surface area contributed by atoms with Crippen molar-refractivity contribution in [2.75, 3.05) is 0 Å².